The van der Waals surface area contributed by atoms with Crippen LogP contribution >= 0.6 is 0 Å². The van der Waals surface area contributed by atoms with Crippen LogP contribution in [0.2, 0.25) is 0 Å². The molecule has 0 radical (unpaired) electrons. The molecule has 2 rings (SSSR count). The molecule has 0 spiro atoms. The lowest BCUT2D eigenvalue weighted by atomic mass is 9.96. The predicted molar refractivity (Wildman–Crippen MR) is 58.4 cm³/mol. The van der Waals surface area contributed by atoms with E-state index in [0.29, 0.717) is 6.42 Å². The Bertz CT molecular complexity index is 433. The van der Waals surface area contributed by atoms with Crippen molar-refractivity contribution in [3.63, 3.8) is 0 Å². The maximum atomic E-state index is 11.6. The predicted octanol–water partition coefficient (Wildman–Crippen LogP) is 1.74. The summed E-state index contributed by atoms with van der Waals surface area (Å²) in [6.45, 7) is 1.78. The average molecular weight is 221 g/mol. The van der Waals surface area contributed by atoms with Gasteiger partial charge < -0.3 is 9.30 Å². The molecule has 1 aliphatic carbocycles. The summed E-state index contributed by atoms with van der Waals surface area (Å²) in [5, 5.41) is 0. The standard InChI is InChI=1S/C12H15NO3/c1-8(12(15)16-2)13-7-6-9-10(13)4-3-5-11(9)14/h6-8H,3-5H2,1-2H3. The minimum atomic E-state index is -0.361. The molecule has 1 aromatic rings. The highest BCUT2D eigenvalue weighted by Crippen LogP contribution is 2.25. The van der Waals surface area contributed by atoms with E-state index in [1.807, 2.05) is 4.57 Å². The molecule has 16 heavy (non-hydrogen) atoms. The van der Waals surface area contributed by atoms with Crippen molar-refractivity contribution in [1.82, 2.24) is 4.57 Å². The second-order valence-corrected chi connectivity index (χ2v) is 4.06. The first-order chi connectivity index (χ1) is 7.65. The summed E-state index contributed by atoms with van der Waals surface area (Å²) in [5.41, 5.74) is 1.73. The third-order valence-electron chi connectivity index (χ3n) is 3.10. The van der Waals surface area contributed by atoms with Crippen LogP contribution in [0.5, 0.6) is 0 Å². The van der Waals surface area contributed by atoms with E-state index in [2.05, 4.69) is 0 Å². The molecule has 4 heteroatoms. The van der Waals surface area contributed by atoms with Crippen LogP contribution < -0.4 is 0 Å². The highest BCUT2D eigenvalue weighted by Gasteiger charge is 2.25. The van der Waals surface area contributed by atoms with Gasteiger partial charge in [-0.2, -0.15) is 0 Å². The fourth-order valence-electron chi connectivity index (χ4n) is 2.20. The molecule has 1 atom stereocenters. The number of hydrogen-bond acceptors (Lipinski definition) is 3. The largest absolute Gasteiger partial charge is 0.467 e. The van der Waals surface area contributed by atoms with Gasteiger partial charge in [0.2, 0.25) is 0 Å². The molecule has 0 amide bonds. The molecule has 1 aliphatic rings. The minimum absolute atomic E-state index is 0.178. The van der Waals surface area contributed by atoms with Gasteiger partial charge in [-0.3, -0.25) is 4.79 Å². The quantitative estimate of drug-likeness (QED) is 0.715. The van der Waals surface area contributed by atoms with Gasteiger partial charge in [0.15, 0.2) is 5.78 Å². The van der Waals surface area contributed by atoms with Crippen LogP contribution in [0.15, 0.2) is 12.3 Å². The fraction of sp³-hybridized carbons (Fsp3) is 0.500. The Labute approximate surface area is 94.2 Å². The number of carbonyl (C=O) groups excluding carboxylic acids is 2. The van der Waals surface area contributed by atoms with E-state index < -0.39 is 0 Å². The molecule has 86 valence electrons. The molecule has 0 N–H and O–H groups in total. The van der Waals surface area contributed by atoms with E-state index in [0.717, 1.165) is 24.1 Å². The van der Waals surface area contributed by atoms with Gasteiger partial charge in [-0.05, 0) is 25.8 Å². The van der Waals surface area contributed by atoms with Gasteiger partial charge in [-0.15, -0.1) is 0 Å². The van der Waals surface area contributed by atoms with Crippen molar-refractivity contribution < 1.29 is 14.3 Å². The molecular formula is C12H15NO3. The van der Waals surface area contributed by atoms with Crippen molar-refractivity contribution in [3.05, 3.63) is 23.5 Å². The molecule has 0 saturated heterocycles. The second kappa shape index (κ2) is 4.12. The van der Waals surface area contributed by atoms with Gasteiger partial charge in [-0.1, -0.05) is 0 Å². The summed E-state index contributed by atoms with van der Waals surface area (Å²) in [7, 11) is 1.37. The first kappa shape index (κ1) is 10.9. The Kier molecular flexibility index (Phi) is 2.81. The topological polar surface area (TPSA) is 48.3 Å². The first-order valence-electron chi connectivity index (χ1n) is 5.46. The Morgan fingerprint density at radius 3 is 2.94 bits per heavy atom. The van der Waals surface area contributed by atoms with Gasteiger partial charge in [0.1, 0.15) is 6.04 Å². The number of methoxy groups -OCH3 is 1. The van der Waals surface area contributed by atoms with E-state index in [1.165, 1.54) is 7.11 Å². The van der Waals surface area contributed by atoms with Gasteiger partial charge in [0, 0.05) is 23.9 Å². The van der Waals surface area contributed by atoms with Crippen molar-refractivity contribution in [1.29, 1.82) is 0 Å². The second-order valence-electron chi connectivity index (χ2n) is 4.06. The molecule has 1 unspecified atom stereocenters. The molecule has 0 aromatic carbocycles. The lowest BCUT2D eigenvalue weighted by molar-refractivity contribution is -0.144. The SMILES string of the molecule is COC(=O)C(C)n1ccc2c1CCCC2=O. The van der Waals surface area contributed by atoms with Crippen molar-refractivity contribution in [2.75, 3.05) is 7.11 Å². The number of Topliss-reactive ketones (excluding diaryl/α,β-unsaturated/α-hetero) is 1. The summed E-state index contributed by atoms with van der Waals surface area (Å²) in [6, 6.07) is 1.44. The Morgan fingerprint density at radius 1 is 1.50 bits per heavy atom. The number of aromatic nitrogens is 1. The van der Waals surface area contributed by atoms with Gasteiger partial charge in [-0.25, -0.2) is 4.79 Å². The smallest absolute Gasteiger partial charge is 0.328 e. The molecule has 0 aliphatic heterocycles. The molecular weight excluding hydrogens is 206 g/mol. The summed E-state index contributed by atoms with van der Waals surface area (Å²) in [6.07, 6.45) is 4.14. The molecule has 0 fully saturated rings. The van der Waals surface area contributed by atoms with E-state index in [1.54, 1.807) is 19.2 Å². The summed E-state index contributed by atoms with van der Waals surface area (Å²) in [4.78, 5) is 23.1. The lowest BCUT2D eigenvalue weighted by Gasteiger charge is -2.18. The van der Waals surface area contributed by atoms with Crippen LogP contribution in [-0.4, -0.2) is 23.4 Å². The zero-order valence-corrected chi connectivity index (χ0v) is 9.53. The summed E-state index contributed by atoms with van der Waals surface area (Å²) >= 11 is 0. The Balaban J connectivity index is 2.36. The molecule has 4 nitrogen and oxygen atoms in total. The number of carbonyl (C=O) groups is 2. The third-order valence-corrected chi connectivity index (χ3v) is 3.10. The summed E-state index contributed by atoms with van der Waals surface area (Å²) < 4.78 is 6.55. The van der Waals surface area contributed by atoms with Crippen LogP contribution in [0.3, 0.4) is 0 Å². The van der Waals surface area contributed by atoms with Crippen LogP contribution in [0.1, 0.15) is 41.9 Å². The van der Waals surface area contributed by atoms with Crippen LogP contribution in [0.25, 0.3) is 0 Å². The molecule has 0 saturated carbocycles. The zero-order chi connectivity index (χ0) is 11.7. The highest BCUT2D eigenvalue weighted by atomic mass is 16.5. The minimum Gasteiger partial charge on any atom is -0.467 e. The monoisotopic (exact) mass is 221 g/mol. The van der Waals surface area contributed by atoms with Crippen molar-refractivity contribution >= 4 is 11.8 Å². The number of ether oxygens (including phenoxy) is 1. The van der Waals surface area contributed by atoms with Gasteiger partial charge >= 0.3 is 5.97 Å². The third kappa shape index (κ3) is 1.64. The van der Waals surface area contributed by atoms with E-state index >= 15 is 0 Å². The maximum Gasteiger partial charge on any atom is 0.328 e. The van der Waals surface area contributed by atoms with Crippen LogP contribution in [-0.2, 0) is 16.0 Å². The van der Waals surface area contributed by atoms with Crippen LogP contribution in [0.4, 0.5) is 0 Å². The average Bonchev–Trinajstić information content (AvgIpc) is 2.72. The number of esters is 1. The molecule has 1 aromatic heterocycles. The van der Waals surface area contributed by atoms with Gasteiger partial charge in [0.25, 0.3) is 0 Å². The number of fused-ring (bicyclic) bond motifs is 1. The van der Waals surface area contributed by atoms with E-state index in [9.17, 15) is 9.59 Å². The van der Waals surface area contributed by atoms with E-state index in [-0.39, 0.29) is 17.8 Å². The number of nitrogens with zero attached hydrogens (tertiary/aromatic N) is 1. The molecule has 1 heterocycles. The Morgan fingerprint density at radius 2 is 2.25 bits per heavy atom. The lowest BCUT2D eigenvalue weighted by Crippen LogP contribution is -2.21. The molecule has 0 bridgehead atoms. The van der Waals surface area contributed by atoms with Crippen molar-refractivity contribution in [2.45, 2.75) is 32.2 Å². The number of ketones is 1. The number of rotatable bonds is 2. The Hall–Kier alpha value is -1.58. The highest BCUT2D eigenvalue weighted by molar-refractivity contribution is 5.98. The van der Waals surface area contributed by atoms with Gasteiger partial charge in [0.05, 0.1) is 7.11 Å². The maximum absolute atomic E-state index is 11.6. The van der Waals surface area contributed by atoms with Crippen molar-refractivity contribution in [3.8, 4) is 0 Å². The summed E-state index contributed by atoms with van der Waals surface area (Å²) in [5.74, 6) is -0.103. The van der Waals surface area contributed by atoms with Crippen LogP contribution in [0, 0.1) is 0 Å². The first-order valence-corrected chi connectivity index (χ1v) is 5.46. The zero-order valence-electron chi connectivity index (χ0n) is 9.53. The normalized spacial score (nSPS) is 16.8. The van der Waals surface area contributed by atoms with E-state index in [4.69, 9.17) is 4.74 Å². The van der Waals surface area contributed by atoms with Crippen molar-refractivity contribution in [2.24, 2.45) is 0 Å². The number of hydrogen-bond donors (Lipinski definition) is 0. The fourth-order valence-corrected chi connectivity index (χ4v) is 2.20.